The van der Waals surface area contributed by atoms with Crippen molar-refractivity contribution >= 4 is 16.0 Å². The molecule has 0 unspecified atom stereocenters. The highest BCUT2D eigenvalue weighted by atomic mass is 32.2. The van der Waals surface area contributed by atoms with Crippen LogP contribution in [-0.2, 0) is 10.0 Å². The van der Waals surface area contributed by atoms with Crippen LogP contribution in [0.25, 0.3) is 0 Å². The topological polar surface area (TPSA) is 77.9 Å². The van der Waals surface area contributed by atoms with Gasteiger partial charge in [-0.25, -0.2) is 17.6 Å². The number of halogens is 1. The van der Waals surface area contributed by atoms with E-state index in [1.807, 2.05) is 0 Å². The third kappa shape index (κ3) is 3.86. The Hall–Kier alpha value is -1.51. The summed E-state index contributed by atoms with van der Waals surface area (Å²) in [6.45, 7) is 2.09. The minimum Gasteiger partial charge on any atom is -0.478 e. The maximum absolute atomic E-state index is 14.1. The van der Waals surface area contributed by atoms with E-state index in [0.717, 1.165) is 37.6 Å². The normalized spacial score (nSPS) is 21.3. The van der Waals surface area contributed by atoms with Crippen LogP contribution >= 0.6 is 0 Å². The summed E-state index contributed by atoms with van der Waals surface area (Å²) in [5, 5.41) is 9.04. The monoisotopic (exact) mass is 370 g/mol. The molecule has 1 saturated carbocycles. The lowest BCUT2D eigenvalue weighted by atomic mass is 10.2. The third-order valence-electron chi connectivity index (χ3n) is 5.13. The number of sulfonamides is 1. The molecule has 6 nitrogen and oxygen atoms in total. The molecule has 1 aromatic carbocycles. The summed E-state index contributed by atoms with van der Waals surface area (Å²) in [6.07, 6.45) is 5.44. The first-order valence-electron chi connectivity index (χ1n) is 8.66. The van der Waals surface area contributed by atoms with Crippen LogP contribution in [0.4, 0.5) is 4.39 Å². The van der Waals surface area contributed by atoms with Crippen molar-refractivity contribution in [2.75, 3.05) is 26.2 Å². The summed E-state index contributed by atoms with van der Waals surface area (Å²) >= 11 is 0. The predicted octanol–water partition coefficient (Wildman–Crippen LogP) is 2.16. The summed E-state index contributed by atoms with van der Waals surface area (Å²) in [6, 6.07) is 3.40. The summed E-state index contributed by atoms with van der Waals surface area (Å²) in [5.74, 6) is -2.19. The molecule has 138 valence electrons. The van der Waals surface area contributed by atoms with Crippen molar-refractivity contribution in [2.45, 2.75) is 43.0 Å². The van der Waals surface area contributed by atoms with Crippen molar-refractivity contribution in [2.24, 2.45) is 0 Å². The number of benzene rings is 1. The van der Waals surface area contributed by atoms with Gasteiger partial charge in [0.15, 0.2) is 0 Å². The van der Waals surface area contributed by atoms with E-state index in [1.54, 1.807) is 0 Å². The molecule has 0 spiro atoms. The van der Waals surface area contributed by atoms with Crippen LogP contribution in [0.15, 0.2) is 23.1 Å². The SMILES string of the molecule is O=C(O)c1ccc(F)c(S(=O)(=O)N2CCCN(C3CCCC3)CC2)c1. The number of hydrogen-bond acceptors (Lipinski definition) is 4. The third-order valence-corrected chi connectivity index (χ3v) is 7.04. The molecule has 0 bridgehead atoms. The highest BCUT2D eigenvalue weighted by Crippen LogP contribution is 2.26. The summed E-state index contributed by atoms with van der Waals surface area (Å²) in [4.78, 5) is 12.9. The zero-order chi connectivity index (χ0) is 18.0. The van der Waals surface area contributed by atoms with Gasteiger partial charge < -0.3 is 5.11 Å². The van der Waals surface area contributed by atoms with Gasteiger partial charge in [0.1, 0.15) is 10.7 Å². The highest BCUT2D eigenvalue weighted by Gasteiger charge is 2.32. The maximum Gasteiger partial charge on any atom is 0.335 e. The van der Waals surface area contributed by atoms with Crippen LogP contribution in [0.2, 0.25) is 0 Å². The van der Waals surface area contributed by atoms with Crippen LogP contribution in [0.5, 0.6) is 0 Å². The number of carbonyl (C=O) groups is 1. The molecule has 0 aromatic heterocycles. The lowest BCUT2D eigenvalue weighted by Crippen LogP contribution is -2.38. The van der Waals surface area contributed by atoms with E-state index in [1.165, 1.54) is 17.1 Å². The van der Waals surface area contributed by atoms with Crippen molar-refractivity contribution in [3.05, 3.63) is 29.6 Å². The fourth-order valence-corrected chi connectivity index (χ4v) is 5.32. The van der Waals surface area contributed by atoms with Crippen LogP contribution < -0.4 is 0 Å². The van der Waals surface area contributed by atoms with Crippen LogP contribution in [0, 0.1) is 5.82 Å². The first-order chi connectivity index (χ1) is 11.9. The molecule has 8 heteroatoms. The Morgan fingerprint density at radius 1 is 1.08 bits per heavy atom. The van der Waals surface area contributed by atoms with E-state index >= 15 is 0 Å². The van der Waals surface area contributed by atoms with E-state index in [-0.39, 0.29) is 5.56 Å². The molecule has 1 aliphatic carbocycles. The minimum atomic E-state index is -4.05. The van der Waals surface area contributed by atoms with E-state index < -0.39 is 26.7 Å². The lowest BCUT2D eigenvalue weighted by Gasteiger charge is -2.27. The Kier molecular flexibility index (Phi) is 5.41. The molecule has 2 aliphatic rings. The summed E-state index contributed by atoms with van der Waals surface area (Å²) in [5.41, 5.74) is -0.234. The lowest BCUT2D eigenvalue weighted by molar-refractivity contribution is 0.0696. The molecule has 0 atom stereocenters. The predicted molar refractivity (Wildman–Crippen MR) is 90.6 cm³/mol. The van der Waals surface area contributed by atoms with E-state index in [0.29, 0.717) is 32.1 Å². The van der Waals surface area contributed by atoms with Gasteiger partial charge in [-0.1, -0.05) is 12.8 Å². The molecule has 1 aliphatic heterocycles. The smallest absolute Gasteiger partial charge is 0.335 e. The molecule has 0 amide bonds. The van der Waals surface area contributed by atoms with Gasteiger partial charge >= 0.3 is 5.97 Å². The van der Waals surface area contributed by atoms with E-state index in [4.69, 9.17) is 5.11 Å². The van der Waals surface area contributed by atoms with Gasteiger partial charge in [-0.3, -0.25) is 4.90 Å². The number of aromatic carboxylic acids is 1. The van der Waals surface area contributed by atoms with Gasteiger partial charge in [0.2, 0.25) is 10.0 Å². The molecule has 2 fully saturated rings. The second-order valence-corrected chi connectivity index (χ2v) is 8.59. The van der Waals surface area contributed by atoms with Crippen molar-refractivity contribution in [3.8, 4) is 0 Å². The quantitative estimate of drug-likeness (QED) is 0.879. The Labute approximate surface area is 147 Å². The van der Waals surface area contributed by atoms with Crippen molar-refractivity contribution in [3.63, 3.8) is 0 Å². The molecule has 0 radical (unpaired) electrons. The molecule has 1 N–H and O–H groups in total. The molecule has 1 saturated heterocycles. The summed E-state index contributed by atoms with van der Waals surface area (Å²) < 4.78 is 41.1. The standard InChI is InChI=1S/C17H23FN2O4S/c18-15-7-6-13(17(21)22)12-16(15)25(23,24)20-9-3-8-19(10-11-20)14-4-1-2-5-14/h6-7,12,14H,1-5,8-11H2,(H,21,22). The Morgan fingerprint density at radius 3 is 2.48 bits per heavy atom. The molecule has 1 aromatic rings. The van der Waals surface area contributed by atoms with Crippen LogP contribution in [0.3, 0.4) is 0 Å². The van der Waals surface area contributed by atoms with Crippen molar-refractivity contribution in [1.29, 1.82) is 0 Å². The number of carboxylic acids is 1. The largest absolute Gasteiger partial charge is 0.478 e. The fourth-order valence-electron chi connectivity index (χ4n) is 3.76. The second kappa shape index (κ2) is 7.39. The van der Waals surface area contributed by atoms with Gasteiger partial charge in [-0.2, -0.15) is 4.31 Å². The maximum atomic E-state index is 14.1. The van der Waals surface area contributed by atoms with Crippen LogP contribution in [-0.4, -0.2) is 60.9 Å². The highest BCUT2D eigenvalue weighted by molar-refractivity contribution is 7.89. The van der Waals surface area contributed by atoms with E-state index in [2.05, 4.69) is 4.90 Å². The van der Waals surface area contributed by atoms with Gasteiger partial charge in [-0.05, 0) is 44.0 Å². The Balaban J connectivity index is 1.80. The van der Waals surface area contributed by atoms with Gasteiger partial charge in [0.05, 0.1) is 5.56 Å². The average Bonchev–Trinajstić information content (AvgIpc) is 2.98. The van der Waals surface area contributed by atoms with E-state index in [9.17, 15) is 17.6 Å². The van der Waals surface area contributed by atoms with Crippen molar-refractivity contribution < 1.29 is 22.7 Å². The zero-order valence-corrected chi connectivity index (χ0v) is 14.8. The molecule has 1 heterocycles. The van der Waals surface area contributed by atoms with Crippen molar-refractivity contribution in [1.82, 2.24) is 9.21 Å². The zero-order valence-electron chi connectivity index (χ0n) is 14.0. The number of rotatable bonds is 4. The summed E-state index contributed by atoms with van der Waals surface area (Å²) in [7, 11) is -4.05. The molecular formula is C17H23FN2O4S. The van der Waals surface area contributed by atoms with Crippen LogP contribution in [0.1, 0.15) is 42.5 Å². The molecular weight excluding hydrogens is 347 g/mol. The first-order valence-corrected chi connectivity index (χ1v) is 10.1. The number of carboxylic acid groups (broad SMARTS) is 1. The molecule has 25 heavy (non-hydrogen) atoms. The Bertz CT molecular complexity index is 747. The Morgan fingerprint density at radius 2 is 1.80 bits per heavy atom. The average molecular weight is 370 g/mol. The van der Waals surface area contributed by atoms with Gasteiger partial charge in [-0.15, -0.1) is 0 Å². The minimum absolute atomic E-state index is 0.234. The first kappa shape index (κ1) is 18.3. The molecule has 3 rings (SSSR count). The van der Waals surface area contributed by atoms with Gasteiger partial charge in [0, 0.05) is 25.7 Å². The second-order valence-electron chi connectivity index (χ2n) is 6.68. The number of nitrogens with zero attached hydrogens (tertiary/aromatic N) is 2. The fraction of sp³-hybridized carbons (Fsp3) is 0.588. The van der Waals surface area contributed by atoms with Gasteiger partial charge in [0.25, 0.3) is 0 Å². The number of hydrogen-bond donors (Lipinski definition) is 1.